The summed E-state index contributed by atoms with van der Waals surface area (Å²) in [6.07, 6.45) is 8.66. The lowest BCUT2D eigenvalue weighted by atomic mass is 9.65. The predicted molar refractivity (Wildman–Crippen MR) is 109 cm³/mol. The van der Waals surface area contributed by atoms with Crippen molar-refractivity contribution < 1.29 is 4.79 Å². The lowest BCUT2D eigenvalue weighted by molar-refractivity contribution is -0.125. The minimum absolute atomic E-state index is 0. The Morgan fingerprint density at radius 1 is 1.30 bits per heavy atom. The minimum Gasteiger partial charge on any atom is -0.355 e. The average Bonchev–Trinajstić information content (AvgIpc) is 3.26. The van der Waals surface area contributed by atoms with Crippen LogP contribution >= 0.6 is 12.4 Å². The highest BCUT2D eigenvalue weighted by Crippen LogP contribution is 2.43. The zero-order valence-electron chi connectivity index (χ0n) is 15.9. The number of benzene rings is 1. The number of nitrogens with zero attached hydrogens (tertiary/aromatic N) is 2. The van der Waals surface area contributed by atoms with Crippen LogP contribution in [0.3, 0.4) is 0 Å². The standard InChI is InChI=1S/C21H28N4O.ClH/c1-25-14-17(11-24-25)18-12-22-13-19(18)20(26)23-15-21(8-5-9-21)10-16-6-3-2-4-7-16;/h2-4,6-7,11,14,18-19,22H,5,8-10,12-13,15H2,1H3,(H,23,26);1H/t18-,19+;/m1./s1. The highest BCUT2D eigenvalue weighted by Gasteiger charge is 2.39. The number of rotatable bonds is 6. The molecule has 0 unspecified atom stereocenters. The number of carbonyl (C=O) groups excluding carboxylic acids is 1. The first-order valence-electron chi connectivity index (χ1n) is 9.66. The van der Waals surface area contributed by atoms with Gasteiger partial charge in [-0.25, -0.2) is 0 Å². The van der Waals surface area contributed by atoms with Crippen LogP contribution in [-0.2, 0) is 18.3 Å². The maximum absolute atomic E-state index is 12.9. The van der Waals surface area contributed by atoms with Crippen LogP contribution in [-0.4, -0.2) is 35.3 Å². The molecule has 1 aromatic carbocycles. The van der Waals surface area contributed by atoms with Gasteiger partial charge < -0.3 is 10.6 Å². The van der Waals surface area contributed by atoms with Crippen molar-refractivity contribution in [2.24, 2.45) is 18.4 Å². The molecule has 1 aliphatic heterocycles. The number of carbonyl (C=O) groups is 1. The van der Waals surface area contributed by atoms with Gasteiger partial charge in [0.15, 0.2) is 0 Å². The lowest BCUT2D eigenvalue weighted by Crippen LogP contribution is -2.46. The van der Waals surface area contributed by atoms with E-state index >= 15 is 0 Å². The third-order valence-electron chi connectivity index (χ3n) is 6.18. The van der Waals surface area contributed by atoms with E-state index < -0.39 is 0 Å². The van der Waals surface area contributed by atoms with Crippen LogP contribution in [0.4, 0.5) is 0 Å². The van der Waals surface area contributed by atoms with Crippen molar-refractivity contribution in [2.45, 2.75) is 31.6 Å². The summed E-state index contributed by atoms with van der Waals surface area (Å²) >= 11 is 0. The molecule has 1 aliphatic carbocycles. The summed E-state index contributed by atoms with van der Waals surface area (Å²) in [5, 5.41) is 10.9. The molecule has 2 atom stereocenters. The van der Waals surface area contributed by atoms with Gasteiger partial charge in [0.1, 0.15) is 0 Å². The molecule has 1 saturated heterocycles. The van der Waals surface area contributed by atoms with Gasteiger partial charge in [-0.15, -0.1) is 12.4 Å². The summed E-state index contributed by atoms with van der Waals surface area (Å²) in [6, 6.07) is 10.7. The fraction of sp³-hybridized carbons (Fsp3) is 0.524. The zero-order valence-corrected chi connectivity index (χ0v) is 16.7. The number of amides is 1. The highest BCUT2D eigenvalue weighted by molar-refractivity contribution is 5.85. The van der Waals surface area contributed by atoms with Crippen molar-refractivity contribution in [3.63, 3.8) is 0 Å². The number of hydrogen-bond acceptors (Lipinski definition) is 3. The molecule has 1 saturated carbocycles. The van der Waals surface area contributed by atoms with E-state index in [0.29, 0.717) is 0 Å². The maximum atomic E-state index is 12.9. The van der Waals surface area contributed by atoms with E-state index in [1.165, 1.54) is 24.8 Å². The number of aromatic nitrogens is 2. The first-order valence-corrected chi connectivity index (χ1v) is 9.66. The van der Waals surface area contributed by atoms with Gasteiger partial charge in [-0.05, 0) is 35.8 Å². The van der Waals surface area contributed by atoms with Gasteiger partial charge in [-0.2, -0.15) is 5.10 Å². The molecule has 6 heteroatoms. The van der Waals surface area contributed by atoms with Crippen molar-refractivity contribution in [3.8, 4) is 0 Å². The van der Waals surface area contributed by atoms with Crippen molar-refractivity contribution in [3.05, 3.63) is 53.9 Å². The Labute approximate surface area is 167 Å². The average molecular weight is 389 g/mol. The Morgan fingerprint density at radius 2 is 2.07 bits per heavy atom. The number of halogens is 1. The molecule has 0 radical (unpaired) electrons. The number of nitrogens with one attached hydrogen (secondary N) is 2. The third-order valence-corrected chi connectivity index (χ3v) is 6.18. The smallest absolute Gasteiger partial charge is 0.225 e. The molecule has 27 heavy (non-hydrogen) atoms. The second-order valence-electron chi connectivity index (χ2n) is 8.05. The van der Waals surface area contributed by atoms with Crippen LogP contribution in [0, 0.1) is 11.3 Å². The van der Waals surface area contributed by atoms with Crippen molar-refractivity contribution in [2.75, 3.05) is 19.6 Å². The second-order valence-corrected chi connectivity index (χ2v) is 8.05. The first kappa shape index (κ1) is 19.9. The van der Waals surface area contributed by atoms with E-state index in [1.54, 1.807) is 0 Å². The molecule has 2 heterocycles. The Hall–Kier alpha value is -1.85. The highest BCUT2D eigenvalue weighted by atomic mass is 35.5. The Kier molecular flexibility index (Phi) is 6.22. The lowest BCUT2D eigenvalue weighted by Gasteiger charge is -2.42. The molecule has 2 N–H and O–H groups in total. The van der Waals surface area contributed by atoms with E-state index in [-0.39, 0.29) is 35.6 Å². The van der Waals surface area contributed by atoms with Crippen molar-refractivity contribution >= 4 is 18.3 Å². The molecule has 4 rings (SSSR count). The quantitative estimate of drug-likeness (QED) is 0.799. The first-order chi connectivity index (χ1) is 12.7. The summed E-state index contributed by atoms with van der Waals surface area (Å²) in [5.41, 5.74) is 2.77. The summed E-state index contributed by atoms with van der Waals surface area (Å²) in [6.45, 7) is 2.38. The molecular formula is C21H29ClN4O. The molecule has 146 valence electrons. The maximum Gasteiger partial charge on any atom is 0.225 e. The van der Waals surface area contributed by atoms with Gasteiger partial charge in [0.2, 0.25) is 5.91 Å². The molecule has 0 bridgehead atoms. The van der Waals surface area contributed by atoms with Crippen LogP contribution < -0.4 is 10.6 Å². The van der Waals surface area contributed by atoms with Gasteiger partial charge in [-0.1, -0.05) is 36.8 Å². The SMILES string of the molecule is Cl.Cn1cc([C@H]2CNC[C@@H]2C(=O)NCC2(Cc3ccccc3)CCC2)cn1. The topological polar surface area (TPSA) is 59.0 Å². The van der Waals surface area contributed by atoms with Gasteiger partial charge in [-0.3, -0.25) is 9.48 Å². The van der Waals surface area contributed by atoms with Crippen molar-refractivity contribution in [1.29, 1.82) is 0 Å². The molecular weight excluding hydrogens is 360 g/mol. The largest absolute Gasteiger partial charge is 0.355 e. The number of aryl methyl sites for hydroxylation is 1. The molecule has 2 aromatic rings. The monoisotopic (exact) mass is 388 g/mol. The van der Waals surface area contributed by atoms with E-state index in [0.717, 1.165) is 31.6 Å². The Morgan fingerprint density at radius 3 is 2.70 bits per heavy atom. The molecule has 1 aromatic heterocycles. The summed E-state index contributed by atoms with van der Waals surface area (Å²) in [5.74, 6) is 0.395. The van der Waals surface area contributed by atoms with Crippen LogP contribution in [0.2, 0.25) is 0 Å². The fourth-order valence-corrected chi connectivity index (χ4v) is 4.46. The van der Waals surface area contributed by atoms with Crippen LogP contribution in [0.25, 0.3) is 0 Å². The Bertz CT molecular complexity index is 757. The summed E-state index contributed by atoms with van der Waals surface area (Å²) in [4.78, 5) is 12.9. The van der Waals surface area contributed by atoms with Crippen molar-refractivity contribution in [1.82, 2.24) is 20.4 Å². The zero-order chi connectivity index (χ0) is 18.0. The minimum atomic E-state index is -0.00643. The van der Waals surface area contributed by atoms with E-state index in [4.69, 9.17) is 0 Å². The van der Waals surface area contributed by atoms with Crippen LogP contribution in [0.5, 0.6) is 0 Å². The molecule has 2 aliphatic rings. The van der Waals surface area contributed by atoms with Gasteiger partial charge in [0.05, 0.1) is 12.1 Å². The second kappa shape index (κ2) is 8.44. The molecule has 1 amide bonds. The molecule has 0 spiro atoms. The van der Waals surface area contributed by atoms with Gasteiger partial charge in [0.25, 0.3) is 0 Å². The molecule has 5 nitrogen and oxygen atoms in total. The normalized spacial score (nSPS) is 23.3. The van der Waals surface area contributed by atoms with Gasteiger partial charge >= 0.3 is 0 Å². The summed E-state index contributed by atoms with van der Waals surface area (Å²) in [7, 11) is 1.92. The van der Waals surface area contributed by atoms with E-state index in [1.807, 2.05) is 24.1 Å². The summed E-state index contributed by atoms with van der Waals surface area (Å²) < 4.78 is 1.81. The fourth-order valence-electron chi connectivity index (χ4n) is 4.46. The van der Waals surface area contributed by atoms with Crippen LogP contribution in [0.15, 0.2) is 42.7 Å². The van der Waals surface area contributed by atoms with Gasteiger partial charge in [0, 0.05) is 38.8 Å². The van der Waals surface area contributed by atoms with Crippen LogP contribution in [0.1, 0.15) is 36.3 Å². The third kappa shape index (κ3) is 4.36. The van der Waals surface area contributed by atoms with E-state index in [9.17, 15) is 4.79 Å². The number of hydrogen-bond donors (Lipinski definition) is 2. The Balaban J connectivity index is 0.00000210. The molecule has 2 fully saturated rings. The van der Waals surface area contributed by atoms with E-state index in [2.05, 4.69) is 46.1 Å². The predicted octanol–water partition coefficient (Wildman–Crippen LogP) is 2.67.